The van der Waals surface area contributed by atoms with E-state index in [1.807, 2.05) is 6.20 Å². The summed E-state index contributed by atoms with van der Waals surface area (Å²) in [5, 5.41) is 0. The zero-order valence-corrected chi connectivity index (χ0v) is 17.3. The molecule has 2 heterocycles. The lowest BCUT2D eigenvalue weighted by molar-refractivity contribution is 0.314. The Labute approximate surface area is 162 Å². The van der Waals surface area contributed by atoms with Gasteiger partial charge in [-0.1, -0.05) is 57.5 Å². The summed E-state index contributed by atoms with van der Waals surface area (Å²) in [6.07, 6.45) is 4.26. The highest BCUT2D eigenvalue weighted by molar-refractivity contribution is 5.68. The summed E-state index contributed by atoms with van der Waals surface area (Å²) in [7, 11) is 2.11. The van der Waals surface area contributed by atoms with Gasteiger partial charge in [0.15, 0.2) is 0 Å². The zero-order chi connectivity index (χ0) is 19.4. The maximum atomic E-state index is 5.13. The average Bonchev–Trinajstić information content (AvgIpc) is 3.01. The molecule has 3 nitrogen and oxygen atoms in total. The second-order valence-electron chi connectivity index (χ2n) is 9.25. The first-order valence-electron chi connectivity index (χ1n) is 9.80. The van der Waals surface area contributed by atoms with Gasteiger partial charge in [-0.15, -0.1) is 0 Å². The fourth-order valence-electron chi connectivity index (χ4n) is 4.12. The summed E-state index contributed by atoms with van der Waals surface area (Å²) >= 11 is 0. The van der Waals surface area contributed by atoms with Gasteiger partial charge in [0.2, 0.25) is 0 Å². The molecule has 2 aromatic heterocycles. The maximum absolute atomic E-state index is 5.13. The second-order valence-corrected chi connectivity index (χ2v) is 9.25. The fourth-order valence-corrected chi connectivity index (χ4v) is 4.12. The van der Waals surface area contributed by atoms with E-state index in [1.54, 1.807) is 0 Å². The van der Waals surface area contributed by atoms with E-state index >= 15 is 0 Å². The van der Waals surface area contributed by atoms with Gasteiger partial charge in [-0.25, -0.2) is 4.98 Å². The van der Waals surface area contributed by atoms with Crippen molar-refractivity contribution in [2.75, 3.05) is 0 Å². The number of benzene rings is 1. The zero-order valence-electron chi connectivity index (χ0n) is 17.3. The Morgan fingerprint density at radius 1 is 0.815 bits per heavy atom. The highest BCUT2D eigenvalue weighted by atomic mass is 15.0. The summed E-state index contributed by atoms with van der Waals surface area (Å²) in [5.74, 6) is 0. The van der Waals surface area contributed by atoms with Gasteiger partial charge in [0, 0.05) is 23.6 Å². The van der Waals surface area contributed by atoms with Gasteiger partial charge in [-0.2, -0.15) is 0 Å². The van der Waals surface area contributed by atoms with E-state index < -0.39 is 0 Å². The molecule has 1 aliphatic rings. The highest BCUT2D eigenvalue weighted by Crippen LogP contribution is 2.44. The molecule has 27 heavy (non-hydrogen) atoms. The lowest BCUT2D eigenvalue weighted by atomic mass is 9.67. The van der Waals surface area contributed by atoms with Crippen LogP contribution in [0.1, 0.15) is 57.5 Å². The number of nitrogens with zero attached hydrogens (tertiary/aromatic N) is 3. The minimum absolute atomic E-state index is 0.0683. The molecule has 0 fully saturated rings. The molecule has 0 radical (unpaired) electrons. The van der Waals surface area contributed by atoms with Crippen molar-refractivity contribution < 1.29 is 0 Å². The van der Waals surface area contributed by atoms with Crippen molar-refractivity contribution in [1.82, 2.24) is 14.5 Å². The van der Waals surface area contributed by atoms with E-state index in [9.17, 15) is 0 Å². The molecule has 0 unspecified atom stereocenters. The summed E-state index contributed by atoms with van der Waals surface area (Å²) < 4.78 is 2.22. The van der Waals surface area contributed by atoms with E-state index in [0.717, 1.165) is 35.6 Å². The van der Waals surface area contributed by atoms with Crippen LogP contribution in [0.25, 0.3) is 22.6 Å². The maximum Gasteiger partial charge on any atom is 0.105 e. The number of aryl methyl sites for hydroxylation is 1. The van der Waals surface area contributed by atoms with E-state index in [0.29, 0.717) is 0 Å². The van der Waals surface area contributed by atoms with Gasteiger partial charge < -0.3 is 4.57 Å². The van der Waals surface area contributed by atoms with Crippen molar-refractivity contribution in [1.29, 1.82) is 0 Å². The molecular weight excluding hydrogens is 330 g/mol. The van der Waals surface area contributed by atoms with E-state index in [2.05, 4.69) is 82.6 Å². The van der Waals surface area contributed by atoms with Crippen molar-refractivity contribution in [2.45, 2.75) is 58.3 Å². The number of hydrogen-bond donors (Lipinski definition) is 0. The predicted molar refractivity (Wildman–Crippen MR) is 112 cm³/mol. The van der Waals surface area contributed by atoms with Crippen molar-refractivity contribution in [2.24, 2.45) is 7.05 Å². The normalized spacial score (nSPS) is 17.6. The van der Waals surface area contributed by atoms with Crippen LogP contribution in [0.4, 0.5) is 0 Å². The molecule has 0 aliphatic heterocycles. The first-order chi connectivity index (χ1) is 12.7. The lowest BCUT2D eigenvalue weighted by Crippen LogP contribution is -2.36. The molecule has 1 aliphatic carbocycles. The highest BCUT2D eigenvalue weighted by Gasteiger charge is 2.39. The topological polar surface area (TPSA) is 30.7 Å². The van der Waals surface area contributed by atoms with Gasteiger partial charge in [0.25, 0.3) is 0 Å². The number of rotatable bonds is 2. The SMILES string of the molecule is Cc1ccc(-c2ccc(-c3cnc4c(n3)C(C)(C)CCC4(C)C)n2C)cc1. The van der Waals surface area contributed by atoms with Gasteiger partial charge in [-0.3, -0.25) is 4.98 Å². The lowest BCUT2D eigenvalue weighted by Gasteiger charge is -2.39. The van der Waals surface area contributed by atoms with Gasteiger partial charge in [0.1, 0.15) is 5.69 Å². The smallest absolute Gasteiger partial charge is 0.105 e. The molecule has 0 saturated carbocycles. The summed E-state index contributed by atoms with van der Waals surface area (Å²) in [4.78, 5) is 10.0. The third kappa shape index (κ3) is 2.99. The molecule has 3 aromatic rings. The molecule has 0 N–H and O–H groups in total. The third-order valence-electron chi connectivity index (χ3n) is 6.16. The minimum atomic E-state index is 0.0683. The van der Waals surface area contributed by atoms with Crippen LogP contribution in [0.15, 0.2) is 42.6 Å². The van der Waals surface area contributed by atoms with Crippen LogP contribution in [-0.2, 0) is 17.9 Å². The van der Waals surface area contributed by atoms with Gasteiger partial charge >= 0.3 is 0 Å². The standard InChI is InChI=1S/C24H29N3/c1-16-7-9-17(10-8-16)19-11-12-20(27(19)6)18-15-25-21-22(26-18)24(4,5)14-13-23(21,2)3/h7-12,15H,13-14H2,1-6H3. The molecule has 4 rings (SSSR count). The Balaban J connectivity index is 1.81. The van der Waals surface area contributed by atoms with Crippen molar-refractivity contribution in [3.05, 3.63) is 59.5 Å². The first-order valence-corrected chi connectivity index (χ1v) is 9.80. The van der Waals surface area contributed by atoms with Crippen molar-refractivity contribution >= 4 is 0 Å². The summed E-state index contributed by atoms with van der Waals surface area (Å²) in [5.41, 5.74) is 8.26. The predicted octanol–water partition coefficient (Wildman–Crippen LogP) is 5.81. The van der Waals surface area contributed by atoms with Gasteiger partial charge in [-0.05, 0) is 37.5 Å². The van der Waals surface area contributed by atoms with Crippen LogP contribution in [-0.4, -0.2) is 14.5 Å². The van der Waals surface area contributed by atoms with Crippen LogP contribution in [0.2, 0.25) is 0 Å². The number of aromatic nitrogens is 3. The molecular formula is C24H29N3. The molecule has 140 valence electrons. The molecule has 0 atom stereocenters. The molecule has 0 spiro atoms. The monoisotopic (exact) mass is 359 g/mol. The minimum Gasteiger partial charge on any atom is -0.342 e. The second kappa shape index (κ2) is 6.05. The summed E-state index contributed by atoms with van der Waals surface area (Å²) in [6.45, 7) is 11.3. The Morgan fingerprint density at radius 2 is 1.41 bits per heavy atom. The van der Waals surface area contributed by atoms with Crippen molar-refractivity contribution in [3.63, 3.8) is 0 Å². The Kier molecular flexibility index (Phi) is 4.03. The number of fused-ring (bicyclic) bond motifs is 1. The third-order valence-corrected chi connectivity index (χ3v) is 6.16. The van der Waals surface area contributed by atoms with Crippen LogP contribution in [0.3, 0.4) is 0 Å². The molecule has 0 saturated heterocycles. The van der Waals surface area contributed by atoms with Crippen molar-refractivity contribution in [3.8, 4) is 22.6 Å². The van der Waals surface area contributed by atoms with E-state index in [1.165, 1.54) is 16.8 Å². The molecule has 0 amide bonds. The van der Waals surface area contributed by atoms with E-state index in [-0.39, 0.29) is 10.8 Å². The van der Waals surface area contributed by atoms with Crippen LogP contribution in [0, 0.1) is 6.92 Å². The Bertz CT molecular complexity index is 991. The average molecular weight is 360 g/mol. The largest absolute Gasteiger partial charge is 0.342 e. The van der Waals surface area contributed by atoms with Gasteiger partial charge in [0.05, 0.1) is 23.3 Å². The first kappa shape index (κ1) is 18.0. The van der Waals surface area contributed by atoms with Crippen LogP contribution in [0.5, 0.6) is 0 Å². The molecule has 3 heteroatoms. The quantitative estimate of drug-likeness (QED) is 0.578. The Morgan fingerprint density at radius 3 is 2.07 bits per heavy atom. The van der Waals surface area contributed by atoms with Crippen LogP contribution >= 0.6 is 0 Å². The molecule has 0 bridgehead atoms. The molecule has 1 aromatic carbocycles. The van der Waals surface area contributed by atoms with Crippen LogP contribution < -0.4 is 0 Å². The van der Waals surface area contributed by atoms with E-state index in [4.69, 9.17) is 9.97 Å². The Hall–Kier alpha value is -2.42. The number of hydrogen-bond acceptors (Lipinski definition) is 2. The summed E-state index contributed by atoms with van der Waals surface area (Å²) in [6, 6.07) is 13.0. The fraction of sp³-hybridized carbons (Fsp3) is 0.417.